The van der Waals surface area contributed by atoms with Crippen LogP contribution in [0.15, 0.2) is 88.7 Å². The second-order valence-corrected chi connectivity index (χ2v) is 10.6. The molecule has 0 saturated carbocycles. The zero-order valence-corrected chi connectivity index (χ0v) is 22.3. The van der Waals surface area contributed by atoms with Crippen molar-refractivity contribution >= 4 is 51.7 Å². The van der Waals surface area contributed by atoms with Crippen LogP contribution in [0.5, 0.6) is 0 Å². The van der Waals surface area contributed by atoms with E-state index in [1.54, 1.807) is 23.2 Å². The molecule has 7 nitrogen and oxygen atoms in total. The molecule has 0 radical (unpaired) electrons. The molecule has 2 aromatic heterocycles. The van der Waals surface area contributed by atoms with Crippen LogP contribution in [-0.4, -0.2) is 42.7 Å². The first kappa shape index (κ1) is 25.8. The number of nitrogens with one attached hydrogen (secondary N) is 1. The van der Waals surface area contributed by atoms with Crippen molar-refractivity contribution in [1.29, 1.82) is 0 Å². The monoisotopic (exact) mass is 542 g/mol. The standard InChI is InChI=1S/C29H26N4O3S2/c1-19-9-8-15-32-26(19)31-25(30-18-23(34)21-12-6-3-7-13-21)22(27(32)35)17-24-28(36)33(29(37)38-24)16-14-20-10-4-2-5-11-20/h2-13,15,17,23,30,34H,14,16,18H2,1H3/b24-17-/t23-/m1/s1. The molecule has 4 aromatic rings. The highest BCUT2D eigenvalue weighted by molar-refractivity contribution is 8.26. The lowest BCUT2D eigenvalue weighted by atomic mass is 10.1. The smallest absolute Gasteiger partial charge is 0.267 e. The Morgan fingerprint density at radius 2 is 1.76 bits per heavy atom. The van der Waals surface area contributed by atoms with Crippen LogP contribution < -0.4 is 10.9 Å². The van der Waals surface area contributed by atoms with Gasteiger partial charge in [-0.15, -0.1) is 0 Å². The molecule has 9 heteroatoms. The summed E-state index contributed by atoms with van der Waals surface area (Å²) in [7, 11) is 0. The van der Waals surface area contributed by atoms with Gasteiger partial charge in [-0.1, -0.05) is 90.7 Å². The highest BCUT2D eigenvalue weighted by Gasteiger charge is 2.32. The Bertz CT molecular complexity index is 1590. The molecule has 192 valence electrons. The Balaban J connectivity index is 1.47. The number of thiocarbonyl (C=S) groups is 1. The van der Waals surface area contributed by atoms with Gasteiger partial charge in [0, 0.05) is 19.3 Å². The summed E-state index contributed by atoms with van der Waals surface area (Å²) in [4.78, 5) is 33.5. The molecule has 5 rings (SSSR count). The number of nitrogens with zero attached hydrogens (tertiary/aromatic N) is 3. The molecule has 0 spiro atoms. The largest absolute Gasteiger partial charge is 0.387 e. The molecule has 1 amide bonds. The van der Waals surface area contributed by atoms with Crippen LogP contribution in [0.3, 0.4) is 0 Å². The summed E-state index contributed by atoms with van der Waals surface area (Å²) in [5, 5.41) is 13.8. The van der Waals surface area contributed by atoms with Gasteiger partial charge >= 0.3 is 0 Å². The van der Waals surface area contributed by atoms with Gasteiger partial charge in [0.25, 0.3) is 11.5 Å². The van der Waals surface area contributed by atoms with Crippen LogP contribution in [0, 0.1) is 6.92 Å². The van der Waals surface area contributed by atoms with Crippen LogP contribution in [0.1, 0.15) is 28.4 Å². The molecule has 1 aliphatic rings. The van der Waals surface area contributed by atoms with E-state index in [0.29, 0.717) is 33.7 Å². The number of aliphatic hydroxyl groups is 1. The number of carbonyl (C=O) groups excluding carboxylic acids is 1. The summed E-state index contributed by atoms with van der Waals surface area (Å²) in [6, 6.07) is 22.8. The van der Waals surface area contributed by atoms with Gasteiger partial charge in [-0.3, -0.25) is 18.9 Å². The highest BCUT2D eigenvalue weighted by Crippen LogP contribution is 2.33. The lowest BCUT2D eigenvalue weighted by Gasteiger charge is -2.16. The molecule has 1 saturated heterocycles. The SMILES string of the molecule is Cc1cccn2c(=O)c(/C=C3\SC(=S)N(CCc4ccccc4)C3=O)c(NC[C@@H](O)c3ccccc3)nc12. The molecule has 2 aromatic carbocycles. The van der Waals surface area contributed by atoms with Crippen LogP contribution in [0.2, 0.25) is 0 Å². The number of thioether (sulfide) groups is 1. The van der Waals surface area contributed by atoms with Crippen molar-refractivity contribution in [2.24, 2.45) is 0 Å². The van der Waals surface area contributed by atoms with E-state index in [9.17, 15) is 14.7 Å². The molecule has 0 unspecified atom stereocenters. The van der Waals surface area contributed by atoms with Gasteiger partial charge in [-0.05, 0) is 42.2 Å². The molecule has 2 N–H and O–H groups in total. The van der Waals surface area contributed by atoms with Gasteiger partial charge in [0.15, 0.2) is 0 Å². The zero-order chi connectivity index (χ0) is 26.6. The number of aryl methyl sites for hydroxylation is 1. The number of amides is 1. The Morgan fingerprint density at radius 1 is 1.05 bits per heavy atom. The highest BCUT2D eigenvalue weighted by atomic mass is 32.2. The predicted octanol–water partition coefficient (Wildman–Crippen LogP) is 4.59. The second kappa shape index (κ2) is 11.3. The topological polar surface area (TPSA) is 86.9 Å². The van der Waals surface area contributed by atoms with Crippen molar-refractivity contribution < 1.29 is 9.90 Å². The molecule has 1 fully saturated rings. The summed E-state index contributed by atoms with van der Waals surface area (Å²) in [5.74, 6) is 0.0637. The molecule has 0 bridgehead atoms. The normalized spacial score (nSPS) is 15.4. The third kappa shape index (κ3) is 5.40. The van der Waals surface area contributed by atoms with Crippen molar-refractivity contribution in [2.75, 3.05) is 18.4 Å². The Hall–Kier alpha value is -3.79. The van der Waals surface area contributed by atoms with Crippen LogP contribution in [-0.2, 0) is 11.2 Å². The van der Waals surface area contributed by atoms with Gasteiger partial charge in [0.2, 0.25) is 0 Å². The maximum atomic E-state index is 13.6. The number of anilines is 1. The maximum Gasteiger partial charge on any atom is 0.267 e. The van der Waals surface area contributed by atoms with Gasteiger partial charge in [-0.25, -0.2) is 4.98 Å². The van der Waals surface area contributed by atoms with E-state index in [2.05, 4.69) is 5.32 Å². The molecular weight excluding hydrogens is 516 g/mol. The fourth-order valence-corrected chi connectivity index (χ4v) is 5.56. The van der Waals surface area contributed by atoms with E-state index < -0.39 is 6.10 Å². The summed E-state index contributed by atoms with van der Waals surface area (Å²) in [6.45, 7) is 2.47. The minimum Gasteiger partial charge on any atom is -0.387 e. The Labute approximate surface area is 229 Å². The van der Waals surface area contributed by atoms with Gasteiger partial charge in [0.05, 0.1) is 16.6 Å². The summed E-state index contributed by atoms with van der Waals surface area (Å²) >= 11 is 6.68. The van der Waals surface area contributed by atoms with Crippen molar-refractivity contribution in [3.05, 3.63) is 117 Å². The minimum absolute atomic E-state index is 0.136. The number of aromatic nitrogens is 2. The first-order valence-electron chi connectivity index (χ1n) is 12.2. The average Bonchev–Trinajstić information content (AvgIpc) is 3.21. The number of carbonyl (C=O) groups is 1. The third-order valence-electron chi connectivity index (χ3n) is 6.35. The summed E-state index contributed by atoms with van der Waals surface area (Å²) in [6.07, 6.45) is 3.08. The fourth-order valence-electron chi connectivity index (χ4n) is 4.27. The third-order valence-corrected chi connectivity index (χ3v) is 7.73. The zero-order valence-electron chi connectivity index (χ0n) is 20.7. The van der Waals surface area contributed by atoms with Crippen molar-refractivity contribution in [2.45, 2.75) is 19.4 Å². The van der Waals surface area contributed by atoms with Gasteiger partial charge < -0.3 is 10.4 Å². The number of aliphatic hydroxyl groups excluding tert-OH is 1. The Kier molecular flexibility index (Phi) is 7.69. The van der Waals surface area contributed by atoms with Crippen molar-refractivity contribution in [3.63, 3.8) is 0 Å². The molecule has 1 atom stereocenters. The fraction of sp³-hybridized carbons (Fsp3) is 0.172. The number of hydrogen-bond acceptors (Lipinski definition) is 7. The second-order valence-electron chi connectivity index (χ2n) is 8.94. The molecule has 0 aliphatic carbocycles. The molecule has 1 aliphatic heterocycles. The number of hydrogen-bond donors (Lipinski definition) is 2. The quantitative estimate of drug-likeness (QED) is 0.249. The average molecular weight is 543 g/mol. The molecule has 38 heavy (non-hydrogen) atoms. The van der Waals surface area contributed by atoms with E-state index in [4.69, 9.17) is 17.2 Å². The Morgan fingerprint density at radius 3 is 2.50 bits per heavy atom. The van der Waals surface area contributed by atoms with Gasteiger partial charge in [-0.2, -0.15) is 0 Å². The van der Waals surface area contributed by atoms with E-state index >= 15 is 0 Å². The lowest BCUT2D eigenvalue weighted by molar-refractivity contribution is -0.122. The van der Waals surface area contributed by atoms with Crippen LogP contribution >= 0.6 is 24.0 Å². The first-order valence-corrected chi connectivity index (χ1v) is 13.4. The lowest BCUT2D eigenvalue weighted by Crippen LogP contribution is -2.30. The number of rotatable bonds is 8. The van der Waals surface area contributed by atoms with Crippen LogP contribution in [0.25, 0.3) is 11.7 Å². The predicted molar refractivity (Wildman–Crippen MR) is 156 cm³/mol. The van der Waals surface area contributed by atoms with E-state index in [0.717, 1.165) is 16.7 Å². The molecule has 3 heterocycles. The van der Waals surface area contributed by atoms with Crippen LogP contribution in [0.4, 0.5) is 5.82 Å². The van der Waals surface area contributed by atoms with Gasteiger partial charge in [0.1, 0.15) is 15.8 Å². The van der Waals surface area contributed by atoms with Crippen molar-refractivity contribution in [3.8, 4) is 0 Å². The summed E-state index contributed by atoms with van der Waals surface area (Å²) < 4.78 is 1.92. The number of benzene rings is 2. The minimum atomic E-state index is -0.808. The van der Waals surface area contributed by atoms with E-state index in [-0.39, 0.29) is 23.6 Å². The molecular formula is C29H26N4O3S2. The number of pyridine rings is 1. The van der Waals surface area contributed by atoms with E-state index in [1.165, 1.54) is 16.2 Å². The van der Waals surface area contributed by atoms with Crippen molar-refractivity contribution in [1.82, 2.24) is 14.3 Å². The summed E-state index contributed by atoms with van der Waals surface area (Å²) in [5.41, 5.74) is 3.11. The first-order chi connectivity index (χ1) is 18.4. The maximum absolute atomic E-state index is 13.6. The van der Waals surface area contributed by atoms with E-state index in [1.807, 2.05) is 73.7 Å². The number of fused-ring (bicyclic) bond motifs is 1.